The molecule has 0 unspecified atom stereocenters. The molecule has 0 aliphatic carbocycles. The third kappa shape index (κ3) is 3.66. The maximum absolute atomic E-state index is 13.7. The summed E-state index contributed by atoms with van der Waals surface area (Å²) < 4.78 is 17.7. The largest absolute Gasteiger partial charge is 0.508 e. The van der Waals surface area contributed by atoms with Gasteiger partial charge in [-0.05, 0) is 64.0 Å². The molecule has 0 saturated heterocycles. The van der Waals surface area contributed by atoms with E-state index in [-0.39, 0.29) is 17.1 Å². The van der Waals surface area contributed by atoms with Crippen molar-refractivity contribution in [3.05, 3.63) is 64.2 Å². The maximum Gasteiger partial charge on any atom is 0.326 e. The fraction of sp³-hybridized carbons (Fsp3) is 0.308. The van der Waals surface area contributed by atoms with Crippen LogP contribution in [0.3, 0.4) is 0 Å². The van der Waals surface area contributed by atoms with Gasteiger partial charge in [0.2, 0.25) is 0 Å². The number of fused-ring (bicyclic) bond motifs is 3. The summed E-state index contributed by atoms with van der Waals surface area (Å²) in [5, 5.41) is 9.59. The average Bonchev–Trinajstić information content (AvgIpc) is 2.72. The first kappa shape index (κ1) is 21.7. The Kier molecular flexibility index (Phi) is 5.33. The van der Waals surface area contributed by atoms with Crippen LogP contribution in [0.25, 0.3) is 6.08 Å². The molecule has 2 aliphatic heterocycles. The summed E-state index contributed by atoms with van der Waals surface area (Å²) in [4.78, 5) is 26.6. The summed E-state index contributed by atoms with van der Waals surface area (Å²) in [5.74, 6) is -1.11. The zero-order valence-electron chi connectivity index (χ0n) is 18.8. The number of ether oxygens (including phenoxy) is 3. The van der Waals surface area contributed by atoms with Crippen LogP contribution in [-0.4, -0.2) is 29.6 Å². The van der Waals surface area contributed by atoms with E-state index in [9.17, 15) is 14.7 Å². The molecule has 0 aromatic heterocycles. The molecule has 0 saturated carbocycles. The van der Waals surface area contributed by atoms with Crippen LogP contribution in [-0.2, 0) is 11.2 Å². The van der Waals surface area contributed by atoms with E-state index in [2.05, 4.69) is 0 Å². The third-order valence-electron chi connectivity index (χ3n) is 5.60. The highest BCUT2D eigenvalue weighted by Crippen LogP contribution is 2.51. The Morgan fingerprint density at radius 3 is 2.47 bits per heavy atom. The Bertz CT molecular complexity index is 1160. The summed E-state index contributed by atoms with van der Waals surface area (Å²) in [6.07, 6.45) is 6.24. The third-order valence-corrected chi connectivity index (χ3v) is 5.60. The highest BCUT2D eigenvalue weighted by Gasteiger charge is 2.44. The Morgan fingerprint density at radius 2 is 1.84 bits per heavy atom. The van der Waals surface area contributed by atoms with Gasteiger partial charge in [-0.15, -0.1) is 0 Å². The predicted octanol–water partition coefficient (Wildman–Crippen LogP) is 4.98. The first-order chi connectivity index (χ1) is 15.1. The van der Waals surface area contributed by atoms with Crippen molar-refractivity contribution in [1.82, 2.24) is 0 Å². The number of hydrogen-bond donors (Lipinski definition) is 1. The van der Waals surface area contributed by atoms with Gasteiger partial charge in [-0.3, -0.25) is 9.59 Å². The molecule has 0 amide bonds. The molecule has 1 atom stereocenters. The van der Waals surface area contributed by atoms with E-state index in [1.165, 1.54) is 19.2 Å². The van der Waals surface area contributed by atoms with Gasteiger partial charge in [0.25, 0.3) is 0 Å². The van der Waals surface area contributed by atoms with E-state index >= 15 is 0 Å². The van der Waals surface area contributed by atoms with Gasteiger partial charge < -0.3 is 19.3 Å². The number of phenols is 1. The number of ketones is 1. The molecule has 2 aromatic carbocycles. The van der Waals surface area contributed by atoms with Gasteiger partial charge in [-0.25, -0.2) is 0 Å². The minimum absolute atomic E-state index is 0.0475. The SMILES string of the molecule is COc1c(CC=C(C)C)c2c(c3c1C(=O)[C@@H](c1ccc(O)cc1)C(=O)O3)C=CC(C)(C)O2. The zero-order valence-corrected chi connectivity index (χ0v) is 18.8. The number of aromatic hydroxyl groups is 1. The average molecular weight is 434 g/mol. The van der Waals surface area contributed by atoms with Gasteiger partial charge in [0.05, 0.1) is 12.7 Å². The molecule has 1 N–H and O–H groups in total. The second-order valence-corrected chi connectivity index (χ2v) is 8.79. The highest BCUT2D eigenvalue weighted by molar-refractivity contribution is 6.19. The number of allylic oxidation sites excluding steroid dienone is 2. The summed E-state index contributed by atoms with van der Waals surface area (Å²) in [7, 11) is 1.50. The van der Waals surface area contributed by atoms with E-state index in [1.54, 1.807) is 12.1 Å². The van der Waals surface area contributed by atoms with E-state index in [0.29, 0.717) is 29.0 Å². The second kappa shape index (κ2) is 7.86. The number of carbonyl (C=O) groups is 2. The topological polar surface area (TPSA) is 82.1 Å². The molecular formula is C26H26O6. The molecule has 6 nitrogen and oxygen atoms in total. The minimum atomic E-state index is -1.14. The van der Waals surface area contributed by atoms with Gasteiger partial charge >= 0.3 is 5.97 Å². The second-order valence-electron chi connectivity index (χ2n) is 8.79. The Hall–Kier alpha value is -3.54. The molecule has 166 valence electrons. The number of rotatable bonds is 4. The Morgan fingerprint density at radius 1 is 1.16 bits per heavy atom. The lowest BCUT2D eigenvalue weighted by molar-refractivity contribution is -0.135. The zero-order chi connectivity index (χ0) is 23.2. The van der Waals surface area contributed by atoms with Crippen molar-refractivity contribution in [2.45, 2.75) is 45.6 Å². The first-order valence-corrected chi connectivity index (χ1v) is 10.5. The van der Waals surface area contributed by atoms with Crippen LogP contribution in [0.5, 0.6) is 23.0 Å². The van der Waals surface area contributed by atoms with Crippen LogP contribution in [0.1, 0.15) is 60.7 Å². The van der Waals surface area contributed by atoms with Crippen molar-refractivity contribution < 1.29 is 28.9 Å². The quantitative estimate of drug-likeness (QED) is 0.316. The van der Waals surface area contributed by atoms with Crippen molar-refractivity contribution in [3.8, 4) is 23.0 Å². The number of methoxy groups -OCH3 is 1. The van der Waals surface area contributed by atoms with Crippen LogP contribution < -0.4 is 14.2 Å². The van der Waals surface area contributed by atoms with E-state index in [4.69, 9.17) is 14.2 Å². The van der Waals surface area contributed by atoms with E-state index < -0.39 is 23.3 Å². The van der Waals surface area contributed by atoms with Gasteiger partial charge in [-0.1, -0.05) is 23.8 Å². The maximum atomic E-state index is 13.7. The van der Waals surface area contributed by atoms with Gasteiger partial charge in [0.15, 0.2) is 11.5 Å². The predicted molar refractivity (Wildman–Crippen MR) is 121 cm³/mol. The fourth-order valence-corrected chi connectivity index (χ4v) is 4.02. The molecule has 32 heavy (non-hydrogen) atoms. The molecule has 0 spiro atoms. The Balaban J connectivity index is 1.96. The van der Waals surface area contributed by atoms with E-state index in [0.717, 1.165) is 11.1 Å². The smallest absolute Gasteiger partial charge is 0.326 e. The number of benzene rings is 2. The molecular weight excluding hydrogens is 408 g/mol. The van der Waals surface area contributed by atoms with Crippen molar-refractivity contribution >= 4 is 17.8 Å². The van der Waals surface area contributed by atoms with Crippen molar-refractivity contribution in [1.29, 1.82) is 0 Å². The number of hydrogen-bond acceptors (Lipinski definition) is 6. The van der Waals surface area contributed by atoms with E-state index in [1.807, 2.05) is 45.9 Å². The van der Waals surface area contributed by atoms with Crippen LogP contribution in [0.2, 0.25) is 0 Å². The summed E-state index contributed by atoms with van der Waals surface area (Å²) in [6, 6.07) is 5.97. The number of Topliss-reactive ketones (excluding diaryl/α,β-unsaturated/α-hetero) is 1. The molecule has 2 heterocycles. The normalized spacial score (nSPS) is 18.2. The lowest BCUT2D eigenvalue weighted by Crippen LogP contribution is -2.34. The lowest BCUT2D eigenvalue weighted by atomic mass is 9.84. The summed E-state index contributed by atoms with van der Waals surface area (Å²) in [6.45, 7) is 7.85. The Labute approximate surface area is 187 Å². The highest BCUT2D eigenvalue weighted by atomic mass is 16.5. The van der Waals surface area contributed by atoms with Crippen LogP contribution in [0, 0.1) is 0 Å². The summed E-state index contributed by atoms with van der Waals surface area (Å²) in [5.41, 5.74) is 2.52. The summed E-state index contributed by atoms with van der Waals surface area (Å²) >= 11 is 0. The molecule has 2 aromatic rings. The van der Waals surface area contributed by atoms with Gasteiger partial charge in [-0.2, -0.15) is 0 Å². The monoisotopic (exact) mass is 434 g/mol. The van der Waals surface area contributed by atoms with Crippen LogP contribution in [0.4, 0.5) is 0 Å². The standard InChI is InChI=1S/C26H26O6/c1-14(2)6-11-17-22-18(12-13-26(3,4)32-22)24-20(23(17)30-5)21(28)19(25(29)31-24)15-7-9-16(27)10-8-15/h6-10,12-13,19,27H,11H2,1-5H3/t19-/m1/s1. The number of carbonyl (C=O) groups excluding carboxylic acids is 2. The van der Waals surface area contributed by atoms with Crippen molar-refractivity contribution in [2.75, 3.05) is 7.11 Å². The van der Waals surface area contributed by atoms with Crippen LogP contribution in [0.15, 0.2) is 42.0 Å². The minimum Gasteiger partial charge on any atom is -0.508 e. The fourth-order valence-electron chi connectivity index (χ4n) is 4.02. The first-order valence-electron chi connectivity index (χ1n) is 10.5. The van der Waals surface area contributed by atoms with Crippen molar-refractivity contribution in [2.24, 2.45) is 0 Å². The molecule has 4 rings (SSSR count). The number of esters is 1. The van der Waals surface area contributed by atoms with Crippen molar-refractivity contribution in [3.63, 3.8) is 0 Å². The molecule has 0 bridgehead atoms. The molecule has 2 aliphatic rings. The molecule has 0 radical (unpaired) electrons. The molecule has 0 fully saturated rings. The lowest BCUT2D eigenvalue weighted by Gasteiger charge is -2.34. The van der Waals surface area contributed by atoms with Gasteiger partial charge in [0.1, 0.15) is 34.3 Å². The number of phenolic OH excluding ortho intramolecular Hbond substituents is 1. The van der Waals surface area contributed by atoms with Crippen LogP contribution >= 0.6 is 0 Å². The van der Waals surface area contributed by atoms with Gasteiger partial charge in [0, 0.05) is 5.56 Å². The molecule has 6 heteroatoms.